The first-order valence-corrected chi connectivity index (χ1v) is 10.0. The van der Waals surface area contributed by atoms with Crippen LogP contribution in [-0.4, -0.2) is 46.7 Å². The van der Waals surface area contributed by atoms with E-state index in [9.17, 15) is 23.4 Å². The molecule has 144 valence electrons. The Labute approximate surface area is 155 Å². The summed E-state index contributed by atoms with van der Waals surface area (Å²) in [7, 11) is -3.60. The first-order chi connectivity index (χ1) is 12.6. The zero-order valence-corrected chi connectivity index (χ0v) is 15.6. The molecule has 1 unspecified atom stereocenters. The molecule has 2 aromatic heterocycles. The van der Waals surface area contributed by atoms with Gasteiger partial charge in [-0.1, -0.05) is 0 Å². The van der Waals surface area contributed by atoms with E-state index in [1.807, 2.05) is 0 Å². The van der Waals surface area contributed by atoms with Crippen molar-refractivity contribution in [1.82, 2.24) is 15.2 Å². The number of nitrogens with one attached hydrogen (secondary N) is 3. The van der Waals surface area contributed by atoms with Crippen LogP contribution in [0.25, 0.3) is 10.9 Å². The lowest BCUT2D eigenvalue weighted by atomic mass is 9.92. The van der Waals surface area contributed by atoms with Crippen molar-refractivity contribution in [1.29, 1.82) is 0 Å². The summed E-state index contributed by atoms with van der Waals surface area (Å²) in [5.41, 5.74) is -0.758. The molecule has 0 aliphatic carbocycles. The van der Waals surface area contributed by atoms with Crippen LogP contribution in [0.1, 0.15) is 18.9 Å². The quantitative estimate of drug-likeness (QED) is 0.420. The number of aromatic nitrogens is 3. The van der Waals surface area contributed by atoms with Crippen molar-refractivity contribution in [3.05, 3.63) is 46.4 Å². The van der Waals surface area contributed by atoms with Gasteiger partial charge in [0.05, 0.1) is 16.0 Å². The number of nitrogens with zero attached hydrogens (tertiary/aromatic N) is 1. The molecule has 3 aromatic rings. The van der Waals surface area contributed by atoms with Crippen molar-refractivity contribution < 1.29 is 18.6 Å². The molecular formula is C17H20N4O5S. The van der Waals surface area contributed by atoms with Gasteiger partial charge in [0.1, 0.15) is 5.39 Å². The molecule has 0 aliphatic rings. The molecule has 1 aromatic carbocycles. The number of benzene rings is 1. The average Bonchev–Trinajstić information content (AvgIpc) is 2.98. The van der Waals surface area contributed by atoms with Crippen molar-refractivity contribution in [2.45, 2.75) is 23.8 Å². The van der Waals surface area contributed by atoms with Gasteiger partial charge in [0.15, 0.2) is 15.7 Å². The zero-order chi connectivity index (χ0) is 19.8. The Kier molecular flexibility index (Phi) is 4.81. The number of fused-ring (bicyclic) bond motifs is 1. The highest BCUT2D eigenvalue weighted by Crippen LogP contribution is 2.33. The van der Waals surface area contributed by atoms with Crippen LogP contribution in [-0.2, 0) is 15.4 Å². The predicted molar refractivity (Wildman–Crippen MR) is 101 cm³/mol. The standard InChI is InChI=1S/C17H20N4O5S/c1-17(24,6-8-22)11-9-10(3-4-13(11)27(2,25)26)19-15-14-12(20-21-15)5-7-18-16(14)23/h3-5,7,9,22,24H,6,8H2,1-2H3,(H,18,23)(H2,19,20,21). The highest BCUT2D eigenvalue weighted by Gasteiger charge is 2.29. The number of anilines is 2. The van der Waals surface area contributed by atoms with Crippen molar-refractivity contribution in [2.75, 3.05) is 18.2 Å². The van der Waals surface area contributed by atoms with Gasteiger partial charge >= 0.3 is 0 Å². The number of rotatable bonds is 6. The minimum Gasteiger partial charge on any atom is -0.396 e. The van der Waals surface area contributed by atoms with Gasteiger partial charge in [-0.2, -0.15) is 5.10 Å². The van der Waals surface area contributed by atoms with Gasteiger partial charge in [0, 0.05) is 36.7 Å². The van der Waals surface area contributed by atoms with E-state index in [0.717, 1.165) is 6.26 Å². The summed E-state index contributed by atoms with van der Waals surface area (Å²) < 4.78 is 24.2. The largest absolute Gasteiger partial charge is 0.396 e. The molecule has 10 heteroatoms. The molecule has 0 saturated heterocycles. The SMILES string of the molecule is CC(O)(CCO)c1cc(Nc2n[nH]c3cc[nH]c(=O)c23)ccc1S(C)(=O)=O. The molecule has 1 atom stereocenters. The molecule has 3 rings (SSSR count). The normalized spacial score (nSPS) is 14.2. The van der Waals surface area contributed by atoms with E-state index < -0.39 is 15.4 Å². The highest BCUT2D eigenvalue weighted by molar-refractivity contribution is 7.90. The van der Waals surface area contributed by atoms with E-state index in [-0.39, 0.29) is 34.9 Å². The van der Waals surface area contributed by atoms with Crippen LogP contribution < -0.4 is 10.9 Å². The fourth-order valence-electron chi connectivity index (χ4n) is 2.91. The zero-order valence-electron chi connectivity index (χ0n) is 14.8. The molecule has 0 aliphatic heterocycles. The van der Waals surface area contributed by atoms with Crippen LogP contribution in [0.5, 0.6) is 0 Å². The second-order valence-electron chi connectivity index (χ2n) is 6.52. The Hall–Kier alpha value is -2.69. The van der Waals surface area contributed by atoms with Gasteiger partial charge < -0.3 is 20.5 Å². The second kappa shape index (κ2) is 6.80. The van der Waals surface area contributed by atoms with Crippen LogP contribution in [0, 0.1) is 0 Å². The third-order valence-electron chi connectivity index (χ3n) is 4.31. The summed E-state index contributed by atoms with van der Waals surface area (Å²) in [5.74, 6) is 0.270. The maximum atomic E-state index is 12.1. The summed E-state index contributed by atoms with van der Waals surface area (Å²) in [6, 6.07) is 6.04. The molecule has 27 heavy (non-hydrogen) atoms. The summed E-state index contributed by atoms with van der Waals surface area (Å²) >= 11 is 0. The molecular weight excluding hydrogens is 372 g/mol. The number of hydrogen-bond donors (Lipinski definition) is 5. The second-order valence-corrected chi connectivity index (χ2v) is 8.51. The summed E-state index contributed by atoms with van der Waals surface area (Å²) in [4.78, 5) is 14.6. The summed E-state index contributed by atoms with van der Waals surface area (Å²) in [6.07, 6.45) is 2.51. The Morgan fingerprint density at radius 2 is 2.04 bits per heavy atom. The van der Waals surface area contributed by atoms with Gasteiger partial charge in [-0.25, -0.2) is 8.42 Å². The molecule has 5 N–H and O–H groups in total. The number of aliphatic hydroxyl groups excluding tert-OH is 1. The lowest BCUT2D eigenvalue weighted by Crippen LogP contribution is -2.25. The fourth-order valence-corrected chi connectivity index (χ4v) is 3.90. The van der Waals surface area contributed by atoms with E-state index in [2.05, 4.69) is 20.5 Å². The monoisotopic (exact) mass is 392 g/mol. The minimum atomic E-state index is -3.60. The Balaban J connectivity index is 2.10. The van der Waals surface area contributed by atoms with Crippen LogP contribution in [0.3, 0.4) is 0 Å². The molecule has 0 amide bonds. The van der Waals surface area contributed by atoms with Gasteiger partial charge in [0.25, 0.3) is 5.56 Å². The van der Waals surface area contributed by atoms with E-state index in [0.29, 0.717) is 16.6 Å². The number of aliphatic hydroxyl groups is 2. The van der Waals surface area contributed by atoms with Crippen LogP contribution in [0.2, 0.25) is 0 Å². The molecule has 0 spiro atoms. The molecule has 0 fully saturated rings. The van der Waals surface area contributed by atoms with Crippen LogP contribution in [0.15, 0.2) is 40.2 Å². The van der Waals surface area contributed by atoms with E-state index >= 15 is 0 Å². The van der Waals surface area contributed by atoms with Crippen LogP contribution >= 0.6 is 0 Å². The molecule has 9 nitrogen and oxygen atoms in total. The Bertz CT molecular complexity index is 1150. The number of pyridine rings is 1. The summed E-state index contributed by atoms with van der Waals surface area (Å²) in [5, 5.41) is 30.0. The van der Waals surface area contributed by atoms with Crippen molar-refractivity contribution >= 4 is 32.2 Å². The van der Waals surface area contributed by atoms with Gasteiger partial charge in [-0.05, 0) is 31.2 Å². The lowest BCUT2D eigenvalue weighted by Gasteiger charge is -2.26. The predicted octanol–water partition coefficient (Wildman–Crippen LogP) is 0.988. The fraction of sp³-hybridized carbons (Fsp3) is 0.294. The third kappa shape index (κ3) is 3.72. The van der Waals surface area contributed by atoms with Crippen molar-refractivity contribution in [3.8, 4) is 0 Å². The first-order valence-electron chi connectivity index (χ1n) is 8.14. The number of H-pyrrole nitrogens is 2. The smallest absolute Gasteiger partial charge is 0.261 e. The number of sulfone groups is 1. The average molecular weight is 392 g/mol. The maximum absolute atomic E-state index is 12.1. The molecule has 0 saturated carbocycles. The van der Waals surface area contributed by atoms with Gasteiger partial charge in [0.2, 0.25) is 0 Å². The number of aromatic amines is 2. The Morgan fingerprint density at radius 3 is 2.70 bits per heavy atom. The van der Waals surface area contributed by atoms with Crippen LogP contribution in [0.4, 0.5) is 11.5 Å². The van der Waals surface area contributed by atoms with Gasteiger partial charge in [-0.15, -0.1) is 0 Å². The summed E-state index contributed by atoms with van der Waals surface area (Å²) in [6.45, 7) is 1.12. The van der Waals surface area contributed by atoms with E-state index in [4.69, 9.17) is 0 Å². The molecule has 0 bridgehead atoms. The third-order valence-corrected chi connectivity index (χ3v) is 5.46. The van der Waals surface area contributed by atoms with E-state index in [1.54, 1.807) is 6.07 Å². The van der Waals surface area contributed by atoms with Crippen molar-refractivity contribution in [2.24, 2.45) is 0 Å². The minimum absolute atomic E-state index is 0.0313. The van der Waals surface area contributed by atoms with Crippen molar-refractivity contribution in [3.63, 3.8) is 0 Å². The highest BCUT2D eigenvalue weighted by atomic mass is 32.2. The molecule has 2 heterocycles. The number of hydrogen-bond acceptors (Lipinski definition) is 7. The topological polar surface area (TPSA) is 148 Å². The maximum Gasteiger partial charge on any atom is 0.261 e. The molecule has 0 radical (unpaired) electrons. The van der Waals surface area contributed by atoms with E-state index in [1.165, 1.54) is 31.3 Å². The Morgan fingerprint density at radius 1 is 1.30 bits per heavy atom. The first kappa shape index (κ1) is 19.1. The van der Waals surface area contributed by atoms with Gasteiger partial charge in [-0.3, -0.25) is 9.89 Å². The lowest BCUT2D eigenvalue weighted by molar-refractivity contribution is 0.0274.